The summed E-state index contributed by atoms with van der Waals surface area (Å²) in [6.45, 7) is 4.74. The molecular formula is C14H21N. The fourth-order valence-corrected chi connectivity index (χ4v) is 2.79. The molecule has 0 aromatic heterocycles. The molecule has 1 nitrogen and oxygen atoms in total. The Morgan fingerprint density at radius 1 is 1.20 bits per heavy atom. The molecule has 0 amide bonds. The third kappa shape index (κ3) is 2.34. The number of nitrogen functional groups attached to an aromatic ring is 1. The summed E-state index contributed by atoms with van der Waals surface area (Å²) in [6, 6.07) is 8.44. The zero-order valence-corrected chi connectivity index (χ0v) is 9.74. The third-order valence-electron chi connectivity index (χ3n) is 3.80. The lowest BCUT2D eigenvalue weighted by Crippen LogP contribution is -2.19. The van der Waals surface area contributed by atoms with E-state index in [-0.39, 0.29) is 0 Å². The van der Waals surface area contributed by atoms with Crippen LogP contribution < -0.4 is 5.73 Å². The topological polar surface area (TPSA) is 26.0 Å². The standard InChI is InChI=1S/C14H21N/c1-10-6-7-11(2)14(8-10)12-4-3-5-13(15)9-12/h3-5,9-11,14H,6-8,15H2,1-2H3. The van der Waals surface area contributed by atoms with Gasteiger partial charge in [-0.3, -0.25) is 0 Å². The van der Waals surface area contributed by atoms with E-state index >= 15 is 0 Å². The van der Waals surface area contributed by atoms with Crippen molar-refractivity contribution in [3.8, 4) is 0 Å². The smallest absolute Gasteiger partial charge is 0.0316 e. The van der Waals surface area contributed by atoms with Crippen molar-refractivity contribution in [3.63, 3.8) is 0 Å². The lowest BCUT2D eigenvalue weighted by atomic mass is 9.72. The number of benzene rings is 1. The van der Waals surface area contributed by atoms with Gasteiger partial charge in [-0.2, -0.15) is 0 Å². The van der Waals surface area contributed by atoms with E-state index in [4.69, 9.17) is 5.73 Å². The molecule has 3 unspecified atom stereocenters. The van der Waals surface area contributed by atoms with Gasteiger partial charge in [-0.05, 0) is 48.3 Å². The van der Waals surface area contributed by atoms with Crippen LogP contribution in [0.4, 0.5) is 5.69 Å². The predicted octanol–water partition coefficient (Wildman–Crippen LogP) is 3.81. The first-order valence-corrected chi connectivity index (χ1v) is 6.02. The fourth-order valence-electron chi connectivity index (χ4n) is 2.79. The van der Waals surface area contributed by atoms with Crippen LogP contribution in [0.25, 0.3) is 0 Å². The van der Waals surface area contributed by atoms with Crippen LogP contribution in [-0.4, -0.2) is 0 Å². The fraction of sp³-hybridized carbons (Fsp3) is 0.571. The highest BCUT2D eigenvalue weighted by molar-refractivity contribution is 5.42. The summed E-state index contributed by atoms with van der Waals surface area (Å²) in [6.07, 6.45) is 4.07. The van der Waals surface area contributed by atoms with Gasteiger partial charge >= 0.3 is 0 Å². The summed E-state index contributed by atoms with van der Waals surface area (Å²) >= 11 is 0. The zero-order chi connectivity index (χ0) is 10.8. The molecule has 0 bridgehead atoms. The molecule has 1 aromatic carbocycles. The number of anilines is 1. The Kier molecular flexibility index (Phi) is 2.99. The molecular weight excluding hydrogens is 182 g/mol. The number of rotatable bonds is 1. The largest absolute Gasteiger partial charge is 0.399 e. The van der Waals surface area contributed by atoms with Crippen molar-refractivity contribution < 1.29 is 0 Å². The molecule has 1 heteroatoms. The summed E-state index contributed by atoms with van der Waals surface area (Å²) in [5.41, 5.74) is 8.19. The van der Waals surface area contributed by atoms with Gasteiger partial charge in [-0.25, -0.2) is 0 Å². The van der Waals surface area contributed by atoms with Crippen LogP contribution in [0.15, 0.2) is 24.3 Å². The van der Waals surface area contributed by atoms with Crippen molar-refractivity contribution in [1.29, 1.82) is 0 Å². The predicted molar refractivity (Wildman–Crippen MR) is 65.8 cm³/mol. The van der Waals surface area contributed by atoms with Gasteiger partial charge in [0.2, 0.25) is 0 Å². The molecule has 0 aliphatic heterocycles. The third-order valence-corrected chi connectivity index (χ3v) is 3.80. The van der Waals surface area contributed by atoms with E-state index in [9.17, 15) is 0 Å². The Labute approximate surface area is 92.7 Å². The zero-order valence-electron chi connectivity index (χ0n) is 9.74. The monoisotopic (exact) mass is 203 g/mol. The second kappa shape index (κ2) is 4.26. The van der Waals surface area contributed by atoms with Crippen molar-refractivity contribution in [1.82, 2.24) is 0 Å². The van der Waals surface area contributed by atoms with E-state index in [1.165, 1.54) is 24.8 Å². The molecule has 2 N–H and O–H groups in total. The minimum absolute atomic E-state index is 0.720. The maximum atomic E-state index is 5.85. The lowest BCUT2D eigenvalue weighted by molar-refractivity contribution is 0.265. The highest BCUT2D eigenvalue weighted by Gasteiger charge is 2.26. The molecule has 0 spiro atoms. The lowest BCUT2D eigenvalue weighted by Gasteiger charge is -2.33. The Hall–Kier alpha value is -0.980. The van der Waals surface area contributed by atoms with Crippen LogP contribution in [-0.2, 0) is 0 Å². The van der Waals surface area contributed by atoms with Gasteiger partial charge in [0.15, 0.2) is 0 Å². The molecule has 1 fully saturated rings. The van der Waals surface area contributed by atoms with Gasteiger partial charge in [-0.1, -0.05) is 32.4 Å². The van der Waals surface area contributed by atoms with Crippen LogP contribution >= 0.6 is 0 Å². The van der Waals surface area contributed by atoms with Gasteiger partial charge in [0.1, 0.15) is 0 Å². The molecule has 1 aliphatic carbocycles. The van der Waals surface area contributed by atoms with Crippen LogP contribution in [0.5, 0.6) is 0 Å². The molecule has 1 saturated carbocycles. The highest BCUT2D eigenvalue weighted by Crippen LogP contribution is 2.40. The highest BCUT2D eigenvalue weighted by atomic mass is 14.5. The van der Waals surface area contributed by atoms with Crippen LogP contribution in [0.2, 0.25) is 0 Å². The van der Waals surface area contributed by atoms with E-state index in [0.29, 0.717) is 0 Å². The molecule has 3 atom stereocenters. The minimum Gasteiger partial charge on any atom is -0.399 e. The van der Waals surface area contributed by atoms with Crippen LogP contribution in [0, 0.1) is 11.8 Å². The van der Waals surface area contributed by atoms with Crippen molar-refractivity contribution >= 4 is 5.69 Å². The summed E-state index contributed by atoms with van der Waals surface area (Å²) in [5, 5.41) is 0. The number of hydrogen-bond donors (Lipinski definition) is 1. The van der Waals surface area contributed by atoms with E-state index in [1.54, 1.807) is 0 Å². The first-order valence-electron chi connectivity index (χ1n) is 6.02. The minimum atomic E-state index is 0.720. The Morgan fingerprint density at radius 2 is 2.00 bits per heavy atom. The van der Waals surface area contributed by atoms with E-state index in [0.717, 1.165) is 23.4 Å². The van der Waals surface area contributed by atoms with Gasteiger partial charge in [0, 0.05) is 5.69 Å². The van der Waals surface area contributed by atoms with Crippen LogP contribution in [0.1, 0.15) is 44.6 Å². The first kappa shape index (κ1) is 10.5. The van der Waals surface area contributed by atoms with Crippen molar-refractivity contribution in [2.75, 3.05) is 5.73 Å². The quantitative estimate of drug-likeness (QED) is 0.690. The molecule has 1 aromatic rings. The molecule has 2 rings (SSSR count). The Bertz CT molecular complexity index is 332. The number of nitrogens with two attached hydrogens (primary N) is 1. The SMILES string of the molecule is CC1CCC(C)C(c2cccc(N)c2)C1. The normalized spacial score (nSPS) is 31.5. The number of hydrogen-bond acceptors (Lipinski definition) is 1. The van der Waals surface area contributed by atoms with Crippen molar-refractivity contribution in [2.45, 2.75) is 39.0 Å². The maximum absolute atomic E-state index is 5.85. The summed E-state index contributed by atoms with van der Waals surface area (Å²) in [4.78, 5) is 0. The average Bonchev–Trinajstić information content (AvgIpc) is 2.22. The van der Waals surface area contributed by atoms with Crippen molar-refractivity contribution in [2.24, 2.45) is 11.8 Å². The second-order valence-corrected chi connectivity index (χ2v) is 5.17. The van der Waals surface area contributed by atoms with Gasteiger partial charge in [0.25, 0.3) is 0 Å². The van der Waals surface area contributed by atoms with E-state index in [2.05, 4.69) is 32.0 Å². The maximum Gasteiger partial charge on any atom is 0.0316 e. The van der Waals surface area contributed by atoms with E-state index in [1.807, 2.05) is 6.07 Å². The van der Waals surface area contributed by atoms with E-state index < -0.39 is 0 Å². The molecule has 0 saturated heterocycles. The molecule has 0 radical (unpaired) electrons. The molecule has 0 heterocycles. The second-order valence-electron chi connectivity index (χ2n) is 5.17. The van der Waals surface area contributed by atoms with Gasteiger partial charge < -0.3 is 5.73 Å². The van der Waals surface area contributed by atoms with Gasteiger partial charge in [0.05, 0.1) is 0 Å². The van der Waals surface area contributed by atoms with Gasteiger partial charge in [-0.15, -0.1) is 0 Å². The Balaban J connectivity index is 2.21. The summed E-state index contributed by atoms with van der Waals surface area (Å²) in [7, 11) is 0. The Morgan fingerprint density at radius 3 is 2.73 bits per heavy atom. The first-order chi connectivity index (χ1) is 7.16. The summed E-state index contributed by atoms with van der Waals surface area (Å²) < 4.78 is 0. The molecule has 1 aliphatic rings. The average molecular weight is 203 g/mol. The molecule has 15 heavy (non-hydrogen) atoms. The molecule has 82 valence electrons. The summed E-state index contributed by atoms with van der Waals surface area (Å²) in [5.74, 6) is 2.40. The van der Waals surface area contributed by atoms with Crippen molar-refractivity contribution in [3.05, 3.63) is 29.8 Å². The van der Waals surface area contributed by atoms with Crippen LogP contribution in [0.3, 0.4) is 0 Å².